The Bertz CT molecular complexity index is 887. The molecule has 1 aromatic carbocycles. The van der Waals surface area contributed by atoms with Gasteiger partial charge in [-0.15, -0.1) is 11.3 Å². The number of thiophene rings is 1. The van der Waals surface area contributed by atoms with Gasteiger partial charge in [-0.05, 0) is 57.2 Å². The third kappa shape index (κ3) is 5.83. The molecule has 156 valence electrons. The summed E-state index contributed by atoms with van der Waals surface area (Å²) in [6, 6.07) is 7.25. The number of ether oxygens (including phenoxy) is 2. The summed E-state index contributed by atoms with van der Waals surface area (Å²) in [4.78, 5) is 37.8. The van der Waals surface area contributed by atoms with Crippen molar-refractivity contribution in [2.75, 3.05) is 18.2 Å². The van der Waals surface area contributed by atoms with Gasteiger partial charge in [-0.3, -0.25) is 4.79 Å². The predicted octanol–water partition coefficient (Wildman–Crippen LogP) is 4.91. The molecule has 2 aromatic rings. The highest BCUT2D eigenvalue weighted by Crippen LogP contribution is 2.35. The van der Waals surface area contributed by atoms with Crippen molar-refractivity contribution in [2.45, 2.75) is 39.6 Å². The topological polar surface area (TPSA) is 81.7 Å². The third-order valence-electron chi connectivity index (χ3n) is 3.91. The largest absolute Gasteiger partial charge is 0.462 e. The van der Waals surface area contributed by atoms with Crippen LogP contribution < -0.4 is 5.32 Å². The van der Waals surface area contributed by atoms with Gasteiger partial charge >= 0.3 is 11.9 Å². The fraction of sp³-hybridized carbons (Fsp3) is 0.381. The van der Waals surface area contributed by atoms with Crippen LogP contribution in [0.5, 0.6) is 0 Å². The molecule has 0 saturated carbocycles. The summed E-state index contributed by atoms with van der Waals surface area (Å²) in [7, 11) is 0. The lowest BCUT2D eigenvalue weighted by molar-refractivity contribution is 0.0383. The Morgan fingerprint density at radius 1 is 1.14 bits per heavy atom. The third-order valence-corrected chi connectivity index (χ3v) is 5.72. The summed E-state index contributed by atoms with van der Waals surface area (Å²) in [5, 5.41) is 3.03. The molecule has 0 aliphatic carbocycles. The average Bonchev–Trinajstić information content (AvgIpc) is 2.98. The van der Waals surface area contributed by atoms with Gasteiger partial charge in [-0.25, -0.2) is 9.59 Å². The molecule has 0 radical (unpaired) electrons. The van der Waals surface area contributed by atoms with Gasteiger partial charge in [-0.2, -0.15) is 11.8 Å². The van der Waals surface area contributed by atoms with E-state index in [1.54, 1.807) is 51.6 Å². The summed E-state index contributed by atoms with van der Waals surface area (Å²) < 4.78 is 10.4. The van der Waals surface area contributed by atoms with E-state index in [-0.39, 0.29) is 34.1 Å². The lowest BCUT2D eigenvalue weighted by Gasteiger charge is -2.08. The molecule has 1 amide bonds. The number of esters is 2. The van der Waals surface area contributed by atoms with E-state index in [4.69, 9.17) is 9.47 Å². The van der Waals surface area contributed by atoms with Crippen molar-refractivity contribution in [2.24, 2.45) is 0 Å². The first-order valence-corrected chi connectivity index (χ1v) is 11.4. The SMILES string of the molecule is CCOC(=O)c1c(NC(=O)c2ccc(CSC)cc2)sc(C(=O)OC(C)C)c1C. The normalized spacial score (nSPS) is 10.7. The number of rotatable bonds is 8. The first-order valence-electron chi connectivity index (χ1n) is 9.19. The van der Waals surface area contributed by atoms with Crippen LogP contribution in [0, 0.1) is 6.92 Å². The average molecular weight is 436 g/mol. The maximum atomic E-state index is 12.7. The van der Waals surface area contributed by atoms with E-state index in [9.17, 15) is 14.4 Å². The van der Waals surface area contributed by atoms with Crippen LogP contribution >= 0.6 is 23.1 Å². The van der Waals surface area contributed by atoms with E-state index in [2.05, 4.69) is 5.32 Å². The number of thioether (sulfide) groups is 1. The molecule has 6 nitrogen and oxygen atoms in total. The molecule has 0 atom stereocenters. The molecule has 1 heterocycles. The Morgan fingerprint density at radius 3 is 2.34 bits per heavy atom. The molecule has 0 fully saturated rings. The van der Waals surface area contributed by atoms with E-state index in [1.807, 2.05) is 18.4 Å². The highest BCUT2D eigenvalue weighted by Gasteiger charge is 2.28. The van der Waals surface area contributed by atoms with Crippen LogP contribution in [0.3, 0.4) is 0 Å². The first-order chi connectivity index (χ1) is 13.8. The molecule has 0 spiro atoms. The predicted molar refractivity (Wildman–Crippen MR) is 117 cm³/mol. The quantitative estimate of drug-likeness (QED) is 0.593. The van der Waals surface area contributed by atoms with Gasteiger partial charge in [0, 0.05) is 11.3 Å². The Hall–Kier alpha value is -2.32. The van der Waals surface area contributed by atoms with Crippen LogP contribution in [-0.4, -0.2) is 36.8 Å². The number of hydrogen-bond donors (Lipinski definition) is 1. The molecule has 29 heavy (non-hydrogen) atoms. The van der Waals surface area contributed by atoms with Gasteiger partial charge in [0.15, 0.2) is 0 Å². The minimum atomic E-state index is -0.588. The standard InChI is InChI=1S/C21H25NO5S2/c1-6-26-20(24)16-13(4)17(21(25)27-12(2)3)29-19(16)22-18(23)15-9-7-14(8-10-15)11-28-5/h7-10,12H,6,11H2,1-5H3,(H,22,23). The van der Waals surface area contributed by atoms with Crippen LogP contribution in [-0.2, 0) is 15.2 Å². The van der Waals surface area contributed by atoms with Crippen LogP contribution in [0.1, 0.15) is 62.3 Å². The van der Waals surface area contributed by atoms with E-state index in [0.717, 1.165) is 22.7 Å². The Morgan fingerprint density at radius 2 is 1.79 bits per heavy atom. The summed E-state index contributed by atoms with van der Waals surface area (Å²) in [5.41, 5.74) is 2.19. The van der Waals surface area contributed by atoms with Gasteiger partial charge in [-0.1, -0.05) is 12.1 Å². The van der Waals surface area contributed by atoms with E-state index in [0.29, 0.717) is 11.1 Å². The maximum Gasteiger partial charge on any atom is 0.348 e. The minimum Gasteiger partial charge on any atom is -0.462 e. The van der Waals surface area contributed by atoms with Gasteiger partial charge < -0.3 is 14.8 Å². The number of amides is 1. The molecule has 1 aromatic heterocycles. The Labute approximate surface area is 179 Å². The second-order valence-corrected chi connectivity index (χ2v) is 8.41. The summed E-state index contributed by atoms with van der Waals surface area (Å²) in [5.74, 6) is -0.623. The second kappa shape index (κ2) is 10.5. The number of benzene rings is 1. The molecule has 0 bridgehead atoms. The number of anilines is 1. The van der Waals surface area contributed by atoms with Crippen LogP contribution in [0.4, 0.5) is 5.00 Å². The zero-order valence-electron chi connectivity index (χ0n) is 17.2. The van der Waals surface area contributed by atoms with Crippen molar-refractivity contribution >= 4 is 45.9 Å². The number of carbonyl (C=O) groups excluding carboxylic acids is 3. The molecular formula is C21H25NO5S2. The fourth-order valence-electron chi connectivity index (χ4n) is 2.61. The van der Waals surface area contributed by atoms with Gasteiger partial charge in [0.2, 0.25) is 0 Å². The van der Waals surface area contributed by atoms with Gasteiger partial charge in [0.1, 0.15) is 9.88 Å². The van der Waals surface area contributed by atoms with Crippen molar-refractivity contribution in [3.8, 4) is 0 Å². The van der Waals surface area contributed by atoms with Crippen molar-refractivity contribution < 1.29 is 23.9 Å². The summed E-state index contributed by atoms with van der Waals surface area (Å²) >= 11 is 2.71. The zero-order valence-corrected chi connectivity index (χ0v) is 18.8. The minimum absolute atomic E-state index is 0.180. The van der Waals surface area contributed by atoms with Crippen LogP contribution in [0.15, 0.2) is 24.3 Å². The zero-order chi connectivity index (χ0) is 21.6. The lowest BCUT2D eigenvalue weighted by Crippen LogP contribution is -2.15. The van der Waals surface area contributed by atoms with Crippen LogP contribution in [0.25, 0.3) is 0 Å². The van der Waals surface area contributed by atoms with Crippen LogP contribution in [0.2, 0.25) is 0 Å². The number of carbonyl (C=O) groups is 3. The van der Waals surface area contributed by atoms with E-state index < -0.39 is 11.9 Å². The maximum absolute atomic E-state index is 12.7. The summed E-state index contributed by atoms with van der Waals surface area (Å²) in [6.07, 6.45) is 1.71. The fourth-order valence-corrected chi connectivity index (χ4v) is 4.21. The van der Waals surface area contributed by atoms with Gasteiger partial charge in [0.05, 0.1) is 18.3 Å². The number of nitrogens with one attached hydrogen (secondary N) is 1. The Balaban J connectivity index is 2.35. The molecule has 0 aliphatic heterocycles. The lowest BCUT2D eigenvalue weighted by atomic mass is 10.1. The summed E-state index contributed by atoms with van der Waals surface area (Å²) in [6.45, 7) is 7.02. The second-order valence-electron chi connectivity index (χ2n) is 6.52. The molecule has 8 heteroatoms. The monoisotopic (exact) mass is 435 g/mol. The molecule has 2 rings (SSSR count). The van der Waals surface area contributed by atoms with Crippen molar-refractivity contribution in [1.29, 1.82) is 0 Å². The smallest absolute Gasteiger partial charge is 0.348 e. The Kier molecular flexibility index (Phi) is 8.28. The molecule has 0 saturated heterocycles. The van der Waals surface area contributed by atoms with Crippen molar-refractivity contribution in [3.05, 3.63) is 51.4 Å². The molecule has 0 aliphatic rings. The van der Waals surface area contributed by atoms with Crippen molar-refractivity contribution in [3.63, 3.8) is 0 Å². The van der Waals surface area contributed by atoms with Gasteiger partial charge in [0.25, 0.3) is 5.91 Å². The van der Waals surface area contributed by atoms with Crippen molar-refractivity contribution in [1.82, 2.24) is 0 Å². The van der Waals surface area contributed by atoms with E-state index >= 15 is 0 Å². The molecular weight excluding hydrogens is 410 g/mol. The number of hydrogen-bond acceptors (Lipinski definition) is 7. The molecule has 1 N–H and O–H groups in total. The first kappa shape index (κ1) is 23.0. The molecule has 0 unspecified atom stereocenters. The highest BCUT2D eigenvalue weighted by atomic mass is 32.2. The van der Waals surface area contributed by atoms with E-state index in [1.165, 1.54) is 0 Å². The highest BCUT2D eigenvalue weighted by molar-refractivity contribution is 7.97.